The van der Waals surface area contributed by atoms with Gasteiger partial charge in [-0.05, 0) is 0 Å². The molecule has 0 bridgehead atoms. The summed E-state index contributed by atoms with van der Waals surface area (Å²) in [4.78, 5) is 0. The molecule has 1 heteroatoms. The van der Waals surface area contributed by atoms with Crippen LogP contribution in [-0.4, -0.2) is 0 Å². The van der Waals surface area contributed by atoms with Crippen molar-refractivity contribution < 1.29 is 21.1 Å². The molecule has 0 aliphatic heterocycles. The molecule has 0 heterocycles. The van der Waals surface area contributed by atoms with Gasteiger partial charge in [0.25, 0.3) is 0 Å². The maximum absolute atomic E-state index is 3.83. The van der Waals surface area contributed by atoms with Gasteiger partial charge in [0.2, 0.25) is 0 Å². The zero-order valence-corrected chi connectivity index (χ0v) is 9.75. The summed E-state index contributed by atoms with van der Waals surface area (Å²) < 4.78 is 0. The van der Waals surface area contributed by atoms with Crippen LogP contribution in [0.3, 0.4) is 0 Å². The standard InChI is InChI=1S/C7H15.CH3.W/c1-4-7(5-2)6-3;;/h7H,1,4-6H2,2-3H3;1H3;/q2*-1;+2. The fraction of sp³-hybridized carbons (Fsp3) is 0.750. The smallest absolute Gasteiger partial charge is 0.358 e. The SMILES string of the molecule is [CH2-]CC(CC)CC.[CH3-].[W+2]. The van der Waals surface area contributed by atoms with Crippen LogP contribution in [0.2, 0.25) is 0 Å². The molecular weight excluding hydrogens is 280 g/mol. The summed E-state index contributed by atoms with van der Waals surface area (Å²) in [6, 6.07) is 0. The first-order valence-electron chi connectivity index (χ1n) is 3.14. The molecule has 0 saturated carbocycles. The quantitative estimate of drug-likeness (QED) is 0.702. The summed E-state index contributed by atoms with van der Waals surface area (Å²) in [6.45, 7) is 8.27. The molecule has 9 heavy (non-hydrogen) atoms. The van der Waals surface area contributed by atoms with E-state index in [1.165, 1.54) is 12.8 Å². The monoisotopic (exact) mass is 298 g/mol. The summed E-state index contributed by atoms with van der Waals surface area (Å²) in [5.41, 5.74) is 0. The van der Waals surface area contributed by atoms with E-state index in [1.54, 1.807) is 0 Å². The molecule has 0 aromatic rings. The van der Waals surface area contributed by atoms with E-state index in [9.17, 15) is 0 Å². The van der Waals surface area contributed by atoms with Crippen molar-refractivity contribution in [1.29, 1.82) is 0 Å². The first kappa shape index (κ1) is 16.3. The van der Waals surface area contributed by atoms with Crippen molar-refractivity contribution in [3.05, 3.63) is 14.4 Å². The maximum Gasteiger partial charge on any atom is 2.00 e. The van der Waals surface area contributed by atoms with Crippen LogP contribution >= 0.6 is 0 Å². The van der Waals surface area contributed by atoms with E-state index in [0.717, 1.165) is 12.3 Å². The predicted octanol–water partition coefficient (Wildman–Crippen LogP) is 3.09. The van der Waals surface area contributed by atoms with Gasteiger partial charge >= 0.3 is 21.1 Å². The number of hydrogen-bond donors (Lipinski definition) is 0. The van der Waals surface area contributed by atoms with Gasteiger partial charge in [0.15, 0.2) is 0 Å². The third-order valence-corrected chi connectivity index (χ3v) is 1.56. The van der Waals surface area contributed by atoms with Crippen molar-refractivity contribution >= 4 is 0 Å². The van der Waals surface area contributed by atoms with Gasteiger partial charge in [-0.2, -0.15) is 6.42 Å². The van der Waals surface area contributed by atoms with Crippen molar-refractivity contribution in [2.75, 3.05) is 0 Å². The molecule has 0 spiro atoms. The van der Waals surface area contributed by atoms with Crippen LogP contribution in [-0.2, 0) is 21.1 Å². The second-order valence-corrected chi connectivity index (χ2v) is 1.97. The third kappa shape index (κ3) is 8.69. The molecule has 56 valence electrons. The van der Waals surface area contributed by atoms with Gasteiger partial charge in [-0.15, -0.1) is 0 Å². The summed E-state index contributed by atoms with van der Waals surface area (Å²) in [7, 11) is 0. The normalized spacial score (nSPS) is 8.00. The predicted molar refractivity (Wildman–Crippen MR) is 40.5 cm³/mol. The molecule has 0 amide bonds. The Hall–Kier alpha value is 0.688. The van der Waals surface area contributed by atoms with Crippen LogP contribution in [0.1, 0.15) is 33.1 Å². The largest absolute Gasteiger partial charge is 2.00 e. The fourth-order valence-electron chi connectivity index (χ4n) is 0.697. The van der Waals surface area contributed by atoms with Crippen LogP contribution in [0.4, 0.5) is 0 Å². The molecule has 0 aliphatic carbocycles. The Morgan fingerprint density at radius 1 is 1.22 bits per heavy atom. The van der Waals surface area contributed by atoms with Crippen LogP contribution in [0.25, 0.3) is 0 Å². The third-order valence-electron chi connectivity index (χ3n) is 1.56. The van der Waals surface area contributed by atoms with Gasteiger partial charge in [0.1, 0.15) is 0 Å². The first-order chi connectivity index (χ1) is 3.35. The van der Waals surface area contributed by atoms with Crippen molar-refractivity contribution in [3.8, 4) is 0 Å². The van der Waals surface area contributed by atoms with Crippen LogP contribution in [0.15, 0.2) is 0 Å². The van der Waals surface area contributed by atoms with Gasteiger partial charge in [-0.25, -0.2) is 0 Å². The Bertz CT molecular complexity index is 26.0. The average Bonchev–Trinajstić information content (AvgIpc) is 1.72. The van der Waals surface area contributed by atoms with Crippen molar-refractivity contribution in [1.82, 2.24) is 0 Å². The fourth-order valence-corrected chi connectivity index (χ4v) is 0.697. The zero-order valence-electron chi connectivity index (χ0n) is 6.81. The summed E-state index contributed by atoms with van der Waals surface area (Å²) in [6.07, 6.45) is 3.69. The molecule has 0 rings (SSSR count). The maximum atomic E-state index is 3.83. The second kappa shape index (κ2) is 11.5. The summed E-state index contributed by atoms with van der Waals surface area (Å²) in [5.74, 6) is 0.875. The molecule has 0 aromatic heterocycles. The van der Waals surface area contributed by atoms with Gasteiger partial charge in [-0.3, -0.25) is 0 Å². The number of hydrogen-bond acceptors (Lipinski definition) is 0. The van der Waals surface area contributed by atoms with E-state index in [1.807, 2.05) is 0 Å². The minimum atomic E-state index is 0. The molecule has 0 atom stereocenters. The van der Waals surface area contributed by atoms with Crippen molar-refractivity contribution in [2.24, 2.45) is 5.92 Å². The van der Waals surface area contributed by atoms with Crippen LogP contribution in [0, 0.1) is 20.3 Å². The molecule has 0 saturated heterocycles. The van der Waals surface area contributed by atoms with Crippen LogP contribution < -0.4 is 0 Å². The van der Waals surface area contributed by atoms with Crippen molar-refractivity contribution in [3.63, 3.8) is 0 Å². The molecular formula is C8H18W. The van der Waals surface area contributed by atoms with Gasteiger partial charge < -0.3 is 14.4 Å². The zero-order chi connectivity index (χ0) is 5.70. The topological polar surface area (TPSA) is 0 Å². The van der Waals surface area contributed by atoms with E-state index in [-0.39, 0.29) is 28.5 Å². The van der Waals surface area contributed by atoms with Gasteiger partial charge in [-0.1, -0.05) is 32.6 Å². The number of rotatable bonds is 3. The van der Waals surface area contributed by atoms with Gasteiger partial charge in [0, 0.05) is 0 Å². The Kier molecular flexibility index (Phi) is 20.9. The molecule has 0 radical (unpaired) electrons. The second-order valence-electron chi connectivity index (χ2n) is 1.97. The minimum absolute atomic E-state index is 0. The van der Waals surface area contributed by atoms with E-state index >= 15 is 0 Å². The molecule has 0 fully saturated rings. The Morgan fingerprint density at radius 3 is 1.56 bits per heavy atom. The molecule has 0 nitrogen and oxygen atoms in total. The van der Waals surface area contributed by atoms with E-state index < -0.39 is 0 Å². The van der Waals surface area contributed by atoms with Crippen molar-refractivity contribution in [2.45, 2.75) is 33.1 Å². The molecule has 0 aromatic carbocycles. The average molecular weight is 298 g/mol. The Morgan fingerprint density at radius 2 is 1.56 bits per heavy atom. The van der Waals surface area contributed by atoms with Crippen LogP contribution in [0.5, 0.6) is 0 Å². The van der Waals surface area contributed by atoms with Gasteiger partial charge in [0.05, 0.1) is 0 Å². The summed E-state index contributed by atoms with van der Waals surface area (Å²) in [5, 5.41) is 0. The van der Waals surface area contributed by atoms with E-state index in [2.05, 4.69) is 20.8 Å². The summed E-state index contributed by atoms with van der Waals surface area (Å²) >= 11 is 0. The Labute approximate surface area is 74.7 Å². The minimum Gasteiger partial charge on any atom is -0.358 e. The van der Waals surface area contributed by atoms with E-state index in [4.69, 9.17) is 0 Å². The molecule has 0 unspecified atom stereocenters. The molecule has 0 aliphatic rings. The molecule has 0 N–H and O–H groups in total. The van der Waals surface area contributed by atoms with E-state index in [0.29, 0.717) is 0 Å². The Balaban J connectivity index is -0.000000180. The first-order valence-corrected chi connectivity index (χ1v) is 3.14.